The second-order valence-electron chi connectivity index (χ2n) is 6.49. The molecule has 1 heterocycles. The molecule has 0 aliphatic rings. The highest BCUT2D eigenvalue weighted by Gasteiger charge is 2.13. The fourth-order valence-electron chi connectivity index (χ4n) is 3.13. The van der Waals surface area contributed by atoms with Crippen LogP contribution in [0.3, 0.4) is 0 Å². The van der Waals surface area contributed by atoms with Gasteiger partial charge in [-0.25, -0.2) is 9.59 Å². The average Bonchev–Trinajstić information content (AvgIpc) is 2.78. The molecule has 4 rings (SSSR count). The predicted molar refractivity (Wildman–Crippen MR) is 112 cm³/mol. The number of fused-ring (bicyclic) bond motifs is 1. The maximum absolute atomic E-state index is 12.5. The zero-order valence-electron chi connectivity index (χ0n) is 16.4. The van der Waals surface area contributed by atoms with Crippen LogP contribution in [0.4, 0.5) is 0 Å². The summed E-state index contributed by atoms with van der Waals surface area (Å²) < 4.78 is 21.1. The normalized spacial score (nSPS) is 10.6. The Hall–Kier alpha value is -4.06. The van der Waals surface area contributed by atoms with Crippen molar-refractivity contribution >= 4 is 16.9 Å². The zero-order chi connectivity index (χ0) is 21.1. The lowest BCUT2D eigenvalue weighted by molar-refractivity contribution is 0.0734. The average molecular weight is 402 g/mol. The molecule has 0 saturated carbocycles. The summed E-state index contributed by atoms with van der Waals surface area (Å²) in [6.07, 6.45) is 0. The zero-order valence-corrected chi connectivity index (χ0v) is 16.4. The number of hydrogen-bond acceptors (Lipinski definition) is 6. The molecule has 1 aromatic heterocycles. The Balaban J connectivity index is 1.69. The quantitative estimate of drug-likeness (QED) is 0.274. The van der Waals surface area contributed by atoms with E-state index in [4.69, 9.17) is 18.6 Å². The number of carbonyl (C=O) groups excluding carboxylic acids is 1. The molecule has 0 amide bonds. The van der Waals surface area contributed by atoms with E-state index in [0.29, 0.717) is 16.9 Å². The number of carbonyl (C=O) groups is 1. The molecule has 6 nitrogen and oxygen atoms in total. The lowest BCUT2D eigenvalue weighted by atomic mass is 10.0. The highest BCUT2D eigenvalue weighted by Crippen LogP contribution is 2.31. The maximum Gasteiger partial charge on any atom is 0.343 e. The van der Waals surface area contributed by atoms with E-state index in [-0.39, 0.29) is 5.75 Å². The van der Waals surface area contributed by atoms with Gasteiger partial charge in [-0.2, -0.15) is 0 Å². The van der Waals surface area contributed by atoms with E-state index in [1.165, 1.54) is 19.2 Å². The Bertz CT molecular complexity index is 1270. The predicted octanol–water partition coefficient (Wildman–Crippen LogP) is 4.70. The van der Waals surface area contributed by atoms with Crippen LogP contribution in [-0.2, 0) is 0 Å². The van der Waals surface area contributed by atoms with Crippen molar-refractivity contribution in [2.24, 2.45) is 0 Å². The number of rotatable bonds is 5. The molecule has 0 spiro atoms. The van der Waals surface area contributed by atoms with Gasteiger partial charge in [-0.1, -0.05) is 18.2 Å². The molecule has 0 fully saturated rings. The van der Waals surface area contributed by atoms with Crippen LogP contribution in [0.5, 0.6) is 17.2 Å². The third-order valence-electron chi connectivity index (χ3n) is 4.63. The van der Waals surface area contributed by atoms with Crippen LogP contribution in [0.1, 0.15) is 10.4 Å². The van der Waals surface area contributed by atoms with E-state index in [0.717, 1.165) is 22.3 Å². The Labute approximate surface area is 172 Å². The number of esters is 1. The third-order valence-corrected chi connectivity index (χ3v) is 4.63. The molecule has 0 atom stereocenters. The van der Waals surface area contributed by atoms with Crippen molar-refractivity contribution in [1.82, 2.24) is 0 Å². The van der Waals surface area contributed by atoms with Gasteiger partial charge in [-0.3, -0.25) is 0 Å². The fourth-order valence-corrected chi connectivity index (χ4v) is 3.13. The van der Waals surface area contributed by atoms with Crippen LogP contribution in [-0.4, -0.2) is 20.2 Å². The van der Waals surface area contributed by atoms with Crippen molar-refractivity contribution in [1.29, 1.82) is 0 Å². The van der Waals surface area contributed by atoms with Crippen LogP contribution >= 0.6 is 0 Å². The first-order valence-electron chi connectivity index (χ1n) is 9.16. The van der Waals surface area contributed by atoms with Gasteiger partial charge in [0.15, 0.2) is 0 Å². The molecular formula is C24H18O6. The Morgan fingerprint density at radius 1 is 0.800 bits per heavy atom. The van der Waals surface area contributed by atoms with Crippen LogP contribution in [0.15, 0.2) is 82.0 Å². The minimum absolute atomic E-state index is 0.269. The van der Waals surface area contributed by atoms with E-state index < -0.39 is 11.6 Å². The summed E-state index contributed by atoms with van der Waals surface area (Å²) in [6, 6.07) is 20.4. The topological polar surface area (TPSA) is 75.0 Å². The van der Waals surface area contributed by atoms with Gasteiger partial charge in [0, 0.05) is 17.5 Å². The first-order chi connectivity index (χ1) is 14.6. The SMILES string of the molecule is COc1ccc(-c2cc(=O)oc3cc(OC(=O)c4cccc(OC)c4)ccc23)cc1. The molecule has 6 heteroatoms. The number of benzene rings is 3. The molecule has 0 bridgehead atoms. The van der Waals surface area contributed by atoms with Gasteiger partial charge in [0.05, 0.1) is 19.8 Å². The lowest BCUT2D eigenvalue weighted by Crippen LogP contribution is -2.08. The summed E-state index contributed by atoms with van der Waals surface area (Å²) in [5.41, 5.74) is 1.74. The van der Waals surface area contributed by atoms with Gasteiger partial charge in [0.25, 0.3) is 0 Å². The second kappa shape index (κ2) is 8.13. The summed E-state index contributed by atoms with van der Waals surface area (Å²) in [4.78, 5) is 24.6. The van der Waals surface area contributed by atoms with Crippen molar-refractivity contribution in [3.8, 4) is 28.4 Å². The highest BCUT2D eigenvalue weighted by molar-refractivity contribution is 5.95. The van der Waals surface area contributed by atoms with Gasteiger partial charge < -0.3 is 18.6 Å². The Morgan fingerprint density at radius 2 is 1.53 bits per heavy atom. The summed E-state index contributed by atoms with van der Waals surface area (Å²) in [6.45, 7) is 0. The van der Waals surface area contributed by atoms with Gasteiger partial charge in [0.1, 0.15) is 22.8 Å². The van der Waals surface area contributed by atoms with Gasteiger partial charge in [-0.15, -0.1) is 0 Å². The van der Waals surface area contributed by atoms with Crippen LogP contribution in [0.25, 0.3) is 22.1 Å². The molecule has 3 aromatic carbocycles. The minimum Gasteiger partial charge on any atom is -0.497 e. The van der Waals surface area contributed by atoms with E-state index in [2.05, 4.69) is 0 Å². The molecule has 4 aromatic rings. The molecule has 0 saturated heterocycles. The summed E-state index contributed by atoms with van der Waals surface area (Å²) in [5, 5.41) is 0.723. The number of methoxy groups -OCH3 is 2. The molecular weight excluding hydrogens is 384 g/mol. The first kappa shape index (κ1) is 19.3. The molecule has 30 heavy (non-hydrogen) atoms. The van der Waals surface area contributed by atoms with Crippen molar-refractivity contribution in [2.75, 3.05) is 14.2 Å². The van der Waals surface area contributed by atoms with Crippen LogP contribution in [0, 0.1) is 0 Å². The molecule has 0 aliphatic heterocycles. The Kier molecular flexibility index (Phi) is 5.22. The highest BCUT2D eigenvalue weighted by atomic mass is 16.5. The van der Waals surface area contributed by atoms with E-state index in [9.17, 15) is 9.59 Å². The summed E-state index contributed by atoms with van der Waals surface area (Å²) >= 11 is 0. The monoisotopic (exact) mass is 402 g/mol. The van der Waals surface area contributed by atoms with E-state index in [1.807, 2.05) is 24.3 Å². The first-order valence-corrected chi connectivity index (χ1v) is 9.16. The molecule has 0 N–H and O–H groups in total. The van der Waals surface area contributed by atoms with E-state index >= 15 is 0 Å². The molecule has 0 radical (unpaired) electrons. The molecule has 0 unspecified atom stereocenters. The summed E-state index contributed by atoms with van der Waals surface area (Å²) in [5.74, 6) is 1.00. The largest absolute Gasteiger partial charge is 0.497 e. The number of hydrogen-bond donors (Lipinski definition) is 0. The molecule has 0 aliphatic carbocycles. The van der Waals surface area contributed by atoms with Crippen molar-refractivity contribution in [3.05, 3.63) is 88.8 Å². The fraction of sp³-hybridized carbons (Fsp3) is 0.0833. The Morgan fingerprint density at radius 3 is 2.27 bits per heavy atom. The number of ether oxygens (including phenoxy) is 3. The second-order valence-corrected chi connectivity index (χ2v) is 6.49. The van der Waals surface area contributed by atoms with Crippen LogP contribution < -0.4 is 19.8 Å². The van der Waals surface area contributed by atoms with Crippen molar-refractivity contribution < 1.29 is 23.4 Å². The van der Waals surface area contributed by atoms with Crippen molar-refractivity contribution in [2.45, 2.75) is 0 Å². The van der Waals surface area contributed by atoms with Crippen molar-refractivity contribution in [3.63, 3.8) is 0 Å². The van der Waals surface area contributed by atoms with Gasteiger partial charge in [-0.05, 0) is 53.6 Å². The third kappa shape index (κ3) is 3.89. The van der Waals surface area contributed by atoms with Gasteiger partial charge in [0.2, 0.25) is 0 Å². The lowest BCUT2D eigenvalue weighted by Gasteiger charge is -2.09. The van der Waals surface area contributed by atoms with E-state index in [1.54, 1.807) is 43.5 Å². The van der Waals surface area contributed by atoms with Crippen LogP contribution in [0.2, 0.25) is 0 Å². The standard InChI is InChI=1S/C24H18O6/c1-27-17-8-6-15(7-9-17)21-14-23(25)30-22-13-19(10-11-20(21)22)29-24(26)16-4-3-5-18(12-16)28-2/h3-14H,1-2H3. The summed E-state index contributed by atoms with van der Waals surface area (Å²) in [7, 11) is 3.12. The molecule has 150 valence electrons. The maximum atomic E-state index is 12.5. The van der Waals surface area contributed by atoms with Gasteiger partial charge >= 0.3 is 11.6 Å². The minimum atomic E-state index is -0.540. The smallest absolute Gasteiger partial charge is 0.343 e.